The van der Waals surface area contributed by atoms with Gasteiger partial charge in [0, 0.05) is 30.9 Å². The number of ether oxygens (including phenoxy) is 1. The molecule has 29 heavy (non-hydrogen) atoms. The molecule has 0 saturated heterocycles. The maximum absolute atomic E-state index is 11.9. The number of carbonyl (C=O) groups excluding carboxylic acids is 1. The van der Waals surface area contributed by atoms with Crippen molar-refractivity contribution in [1.29, 1.82) is 0 Å². The number of furan rings is 1. The third kappa shape index (κ3) is 6.90. The Hall–Kier alpha value is -1.77. The van der Waals surface area contributed by atoms with Gasteiger partial charge >= 0.3 is 5.97 Å². The van der Waals surface area contributed by atoms with Crippen LogP contribution in [0.1, 0.15) is 45.3 Å². The lowest BCUT2D eigenvalue weighted by Crippen LogP contribution is -2.45. The minimum atomic E-state index is -0.0487. The van der Waals surface area contributed by atoms with Gasteiger partial charge in [-0.05, 0) is 51.7 Å². The van der Waals surface area contributed by atoms with Gasteiger partial charge < -0.3 is 19.8 Å². The van der Waals surface area contributed by atoms with Crippen LogP contribution in [0.3, 0.4) is 0 Å². The fourth-order valence-corrected chi connectivity index (χ4v) is 3.68. The number of aliphatic imine (C=N–C) groups is 1. The molecular formula is C22H32IN3O3. The molecule has 0 unspecified atom stereocenters. The molecule has 0 amide bonds. The molecule has 160 valence electrons. The third-order valence-corrected chi connectivity index (χ3v) is 5.14. The smallest absolute Gasteiger partial charge is 0.308 e. The van der Waals surface area contributed by atoms with E-state index in [-0.39, 0.29) is 35.9 Å². The SMILES string of the molecule is CCNC(=NCCc1cc2ccccc2o1)NC1CCC(C(=O)OCC)CC1.I. The summed E-state index contributed by atoms with van der Waals surface area (Å²) in [5.74, 6) is 1.78. The van der Waals surface area contributed by atoms with E-state index in [1.165, 1.54) is 0 Å². The highest BCUT2D eigenvalue weighted by Gasteiger charge is 2.27. The van der Waals surface area contributed by atoms with E-state index in [4.69, 9.17) is 14.1 Å². The lowest BCUT2D eigenvalue weighted by atomic mass is 9.86. The van der Waals surface area contributed by atoms with Crippen molar-refractivity contribution in [3.8, 4) is 0 Å². The highest BCUT2D eigenvalue weighted by Crippen LogP contribution is 2.25. The van der Waals surface area contributed by atoms with Gasteiger partial charge in [0.1, 0.15) is 11.3 Å². The monoisotopic (exact) mass is 513 g/mol. The van der Waals surface area contributed by atoms with Crippen LogP contribution in [-0.2, 0) is 16.0 Å². The molecule has 0 atom stereocenters. The Morgan fingerprint density at radius 3 is 2.66 bits per heavy atom. The highest BCUT2D eigenvalue weighted by atomic mass is 127. The van der Waals surface area contributed by atoms with Gasteiger partial charge in [-0.25, -0.2) is 0 Å². The Morgan fingerprint density at radius 1 is 1.21 bits per heavy atom. The summed E-state index contributed by atoms with van der Waals surface area (Å²) in [7, 11) is 0. The van der Waals surface area contributed by atoms with Crippen molar-refractivity contribution in [3.05, 3.63) is 36.1 Å². The standard InChI is InChI=1S/C22H31N3O3.HI/c1-3-23-22(25-18-11-9-16(10-12-18)21(26)27-4-2)24-14-13-19-15-17-7-5-6-8-20(17)28-19;/h5-8,15-16,18H,3-4,9-14H2,1-2H3,(H2,23,24,25);1H. The van der Waals surface area contributed by atoms with Crippen molar-refractivity contribution in [3.63, 3.8) is 0 Å². The lowest BCUT2D eigenvalue weighted by Gasteiger charge is -2.29. The second kappa shape index (κ2) is 12.0. The zero-order valence-corrected chi connectivity index (χ0v) is 19.6. The van der Waals surface area contributed by atoms with Crippen LogP contribution in [0.25, 0.3) is 11.0 Å². The van der Waals surface area contributed by atoms with Crippen molar-refractivity contribution in [2.45, 2.75) is 52.0 Å². The van der Waals surface area contributed by atoms with Gasteiger partial charge in [-0.1, -0.05) is 18.2 Å². The van der Waals surface area contributed by atoms with Crippen LogP contribution in [0.4, 0.5) is 0 Å². The summed E-state index contributed by atoms with van der Waals surface area (Å²) in [4.78, 5) is 16.6. The van der Waals surface area contributed by atoms with Crippen LogP contribution in [0.5, 0.6) is 0 Å². The lowest BCUT2D eigenvalue weighted by molar-refractivity contribution is -0.149. The van der Waals surface area contributed by atoms with E-state index < -0.39 is 0 Å². The predicted octanol–water partition coefficient (Wildman–Crippen LogP) is 4.27. The van der Waals surface area contributed by atoms with Crippen LogP contribution in [0.2, 0.25) is 0 Å². The summed E-state index contributed by atoms with van der Waals surface area (Å²) in [6, 6.07) is 10.5. The number of guanidine groups is 1. The topological polar surface area (TPSA) is 75.9 Å². The number of nitrogens with zero attached hydrogens (tertiary/aromatic N) is 1. The van der Waals surface area contributed by atoms with Gasteiger partial charge in [-0.3, -0.25) is 9.79 Å². The molecule has 0 spiro atoms. The molecule has 1 saturated carbocycles. The quantitative estimate of drug-likeness (QED) is 0.250. The largest absolute Gasteiger partial charge is 0.466 e. The summed E-state index contributed by atoms with van der Waals surface area (Å²) < 4.78 is 11.0. The van der Waals surface area contributed by atoms with Crippen molar-refractivity contribution in [2.24, 2.45) is 10.9 Å². The summed E-state index contributed by atoms with van der Waals surface area (Å²) >= 11 is 0. The van der Waals surface area contributed by atoms with Crippen molar-refractivity contribution in [2.75, 3.05) is 19.7 Å². The van der Waals surface area contributed by atoms with Crippen LogP contribution in [0, 0.1) is 5.92 Å². The number of halogens is 1. The van der Waals surface area contributed by atoms with Crippen LogP contribution in [0.15, 0.2) is 39.7 Å². The molecule has 0 bridgehead atoms. The second-order valence-electron chi connectivity index (χ2n) is 7.21. The maximum atomic E-state index is 11.9. The first kappa shape index (κ1) is 23.5. The molecule has 1 aromatic heterocycles. The van der Waals surface area contributed by atoms with E-state index in [0.717, 1.165) is 61.3 Å². The first-order valence-electron chi connectivity index (χ1n) is 10.4. The van der Waals surface area contributed by atoms with Gasteiger partial charge in [-0.2, -0.15) is 0 Å². The number of para-hydroxylation sites is 1. The average molecular weight is 513 g/mol. The minimum Gasteiger partial charge on any atom is -0.466 e. The molecule has 6 nitrogen and oxygen atoms in total. The highest BCUT2D eigenvalue weighted by molar-refractivity contribution is 14.0. The van der Waals surface area contributed by atoms with E-state index in [9.17, 15) is 4.79 Å². The predicted molar refractivity (Wildman–Crippen MR) is 127 cm³/mol. The van der Waals surface area contributed by atoms with E-state index in [1.807, 2.05) is 25.1 Å². The van der Waals surface area contributed by atoms with E-state index in [0.29, 0.717) is 19.2 Å². The number of rotatable bonds is 7. The Balaban J connectivity index is 0.00000300. The van der Waals surface area contributed by atoms with Gasteiger partial charge in [0.25, 0.3) is 0 Å². The fraction of sp³-hybridized carbons (Fsp3) is 0.545. The Bertz CT molecular complexity index is 764. The van der Waals surface area contributed by atoms with E-state index in [1.54, 1.807) is 0 Å². The fourth-order valence-electron chi connectivity index (χ4n) is 3.68. The summed E-state index contributed by atoms with van der Waals surface area (Å²) in [5.41, 5.74) is 0.921. The van der Waals surface area contributed by atoms with E-state index in [2.05, 4.69) is 29.7 Å². The zero-order chi connectivity index (χ0) is 19.8. The molecule has 1 heterocycles. The Labute approximate surface area is 189 Å². The Morgan fingerprint density at radius 2 is 1.97 bits per heavy atom. The number of fused-ring (bicyclic) bond motifs is 1. The summed E-state index contributed by atoms with van der Waals surface area (Å²) in [6.07, 6.45) is 4.42. The Kier molecular flexibility index (Phi) is 9.76. The third-order valence-electron chi connectivity index (χ3n) is 5.14. The van der Waals surface area contributed by atoms with Crippen LogP contribution in [-0.4, -0.2) is 37.7 Å². The van der Waals surface area contributed by atoms with Gasteiger partial charge in [0.05, 0.1) is 12.5 Å². The first-order chi connectivity index (χ1) is 13.7. The molecule has 0 aliphatic heterocycles. The molecule has 2 aromatic rings. The number of nitrogens with one attached hydrogen (secondary N) is 2. The van der Waals surface area contributed by atoms with Gasteiger partial charge in [0.2, 0.25) is 0 Å². The number of hydrogen-bond donors (Lipinski definition) is 2. The summed E-state index contributed by atoms with van der Waals surface area (Å²) in [6.45, 7) is 5.85. The molecule has 0 radical (unpaired) electrons. The number of carbonyl (C=O) groups is 1. The second-order valence-corrected chi connectivity index (χ2v) is 7.21. The van der Waals surface area contributed by atoms with Crippen molar-refractivity contribution in [1.82, 2.24) is 10.6 Å². The molecule has 1 aromatic carbocycles. The number of benzene rings is 1. The number of hydrogen-bond acceptors (Lipinski definition) is 4. The first-order valence-corrected chi connectivity index (χ1v) is 10.4. The van der Waals surface area contributed by atoms with Crippen LogP contribution >= 0.6 is 24.0 Å². The molecule has 1 aliphatic rings. The normalized spacial score (nSPS) is 19.4. The molecule has 1 fully saturated rings. The average Bonchev–Trinajstić information content (AvgIpc) is 3.11. The van der Waals surface area contributed by atoms with Gasteiger partial charge in [-0.15, -0.1) is 24.0 Å². The van der Waals surface area contributed by atoms with Crippen LogP contribution < -0.4 is 10.6 Å². The van der Waals surface area contributed by atoms with Crippen molar-refractivity contribution >= 4 is 46.9 Å². The number of esters is 1. The molecule has 2 N–H and O–H groups in total. The maximum Gasteiger partial charge on any atom is 0.308 e. The minimum absolute atomic E-state index is 0. The van der Waals surface area contributed by atoms with Crippen molar-refractivity contribution < 1.29 is 13.9 Å². The van der Waals surface area contributed by atoms with Gasteiger partial charge in [0.15, 0.2) is 5.96 Å². The molecule has 7 heteroatoms. The summed E-state index contributed by atoms with van der Waals surface area (Å²) in [5, 5.41) is 7.96. The molecule has 1 aliphatic carbocycles. The van der Waals surface area contributed by atoms with E-state index >= 15 is 0 Å². The zero-order valence-electron chi connectivity index (χ0n) is 17.3. The molecule has 3 rings (SSSR count). The molecular weight excluding hydrogens is 481 g/mol.